The van der Waals surface area contributed by atoms with Crippen LogP contribution in [0.2, 0.25) is 0 Å². The highest BCUT2D eigenvalue weighted by molar-refractivity contribution is 6.08. The molecule has 1 atom stereocenters. The average Bonchev–Trinajstić information content (AvgIpc) is 2.78. The molecule has 0 heterocycles. The molecule has 0 bridgehead atoms. The van der Waals surface area contributed by atoms with Gasteiger partial charge in [0, 0.05) is 17.7 Å². The van der Waals surface area contributed by atoms with Gasteiger partial charge in [0.05, 0.1) is 6.04 Å². The maximum atomic E-state index is 13.5. The summed E-state index contributed by atoms with van der Waals surface area (Å²) in [4.78, 5) is 26.6. The Hall–Kier alpha value is -3.51. The second-order valence-corrected chi connectivity index (χ2v) is 7.35. The van der Waals surface area contributed by atoms with Crippen molar-refractivity contribution in [2.45, 2.75) is 6.04 Å². The molecule has 0 spiro atoms. The summed E-state index contributed by atoms with van der Waals surface area (Å²) < 4.78 is 19.1. The normalized spacial score (nSPS) is 11.7. The van der Waals surface area contributed by atoms with Crippen molar-refractivity contribution >= 4 is 11.7 Å². The zero-order chi connectivity index (χ0) is 22.2. The van der Waals surface area contributed by atoms with E-state index < -0.39 is 0 Å². The summed E-state index contributed by atoms with van der Waals surface area (Å²) in [6, 6.07) is 21.9. The minimum atomic E-state index is -0.312. The molecule has 0 aliphatic carbocycles. The van der Waals surface area contributed by atoms with Crippen LogP contribution in [-0.4, -0.2) is 43.8 Å². The lowest BCUT2D eigenvalue weighted by molar-refractivity contribution is -0.123. The lowest BCUT2D eigenvalue weighted by Crippen LogP contribution is -2.36. The first-order valence-electron chi connectivity index (χ1n) is 9.95. The predicted molar refractivity (Wildman–Crippen MR) is 118 cm³/mol. The summed E-state index contributed by atoms with van der Waals surface area (Å²) in [6.45, 7) is 0.165. The molecule has 0 aliphatic heterocycles. The molecule has 6 heteroatoms. The summed E-state index contributed by atoms with van der Waals surface area (Å²) in [5.41, 5.74) is 1.95. The number of ketones is 1. The Morgan fingerprint density at radius 1 is 0.935 bits per heavy atom. The van der Waals surface area contributed by atoms with Crippen LogP contribution in [0.15, 0.2) is 78.9 Å². The molecule has 31 heavy (non-hydrogen) atoms. The van der Waals surface area contributed by atoms with E-state index >= 15 is 0 Å². The fourth-order valence-electron chi connectivity index (χ4n) is 3.18. The Balaban J connectivity index is 1.51. The van der Waals surface area contributed by atoms with Crippen molar-refractivity contribution < 1.29 is 18.7 Å². The molecule has 0 aliphatic rings. The summed E-state index contributed by atoms with van der Waals surface area (Å²) in [5.74, 6) is -0.174. The van der Waals surface area contributed by atoms with E-state index in [0.29, 0.717) is 23.4 Å². The largest absolute Gasteiger partial charge is 0.484 e. The second kappa shape index (κ2) is 10.5. The van der Waals surface area contributed by atoms with Crippen molar-refractivity contribution in [1.82, 2.24) is 10.2 Å². The number of carbonyl (C=O) groups is 2. The van der Waals surface area contributed by atoms with E-state index in [-0.39, 0.29) is 30.2 Å². The molecule has 3 rings (SSSR count). The fourth-order valence-corrected chi connectivity index (χ4v) is 3.18. The van der Waals surface area contributed by atoms with Crippen LogP contribution < -0.4 is 10.1 Å². The molecule has 1 N–H and O–H groups in total. The first-order chi connectivity index (χ1) is 14.9. The van der Waals surface area contributed by atoms with Crippen LogP contribution in [0.4, 0.5) is 4.39 Å². The molecule has 0 fully saturated rings. The van der Waals surface area contributed by atoms with Gasteiger partial charge in [0.15, 0.2) is 12.4 Å². The van der Waals surface area contributed by atoms with Gasteiger partial charge in [-0.05, 0) is 56.1 Å². The molecular weight excluding hydrogens is 395 g/mol. The number of halogens is 1. The molecule has 0 aromatic heterocycles. The van der Waals surface area contributed by atoms with Crippen LogP contribution in [0, 0.1) is 5.82 Å². The van der Waals surface area contributed by atoms with E-state index in [4.69, 9.17) is 4.74 Å². The minimum Gasteiger partial charge on any atom is -0.484 e. The Kier molecular flexibility index (Phi) is 7.51. The summed E-state index contributed by atoms with van der Waals surface area (Å²) >= 11 is 0. The van der Waals surface area contributed by atoms with E-state index in [1.807, 2.05) is 43.3 Å². The number of ether oxygens (including phenoxy) is 1. The molecular formula is C25H25FN2O3. The third-order valence-corrected chi connectivity index (χ3v) is 4.87. The van der Waals surface area contributed by atoms with Crippen molar-refractivity contribution in [2.24, 2.45) is 0 Å². The quantitative estimate of drug-likeness (QED) is 0.534. The number of likely N-dealkylation sites (N-methyl/N-ethyl adjacent to an activating group) is 1. The molecule has 0 radical (unpaired) electrons. The number of hydrogen-bond acceptors (Lipinski definition) is 4. The van der Waals surface area contributed by atoms with Crippen molar-refractivity contribution in [3.63, 3.8) is 0 Å². The third kappa shape index (κ3) is 6.23. The van der Waals surface area contributed by atoms with E-state index in [2.05, 4.69) is 5.32 Å². The fraction of sp³-hybridized carbons (Fsp3) is 0.200. The summed E-state index contributed by atoms with van der Waals surface area (Å²) in [6.07, 6.45) is 0. The molecule has 1 unspecified atom stereocenters. The van der Waals surface area contributed by atoms with Gasteiger partial charge in [-0.3, -0.25) is 9.59 Å². The van der Waals surface area contributed by atoms with Crippen LogP contribution in [0.5, 0.6) is 5.75 Å². The highest BCUT2D eigenvalue weighted by Crippen LogP contribution is 2.18. The topological polar surface area (TPSA) is 58.6 Å². The Labute approximate surface area is 181 Å². The number of rotatable bonds is 9. The van der Waals surface area contributed by atoms with Crippen LogP contribution in [0.25, 0.3) is 0 Å². The number of nitrogens with zero attached hydrogens (tertiary/aromatic N) is 1. The van der Waals surface area contributed by atoms with Crippen molar-refractivity contribution in [3.05, 3.63) is 101 Å². The highest BCUT2D eigenvalue weighted by Gasteiger charge is 2.16. The molecule has 0 saturated heterocycles. The number of benzene rings is 3. The lowest BCUT2D eigenvalue weighted by atomic mass is 10.0. The van der Waals surface area contributed by atoms with E-state index in [0.717, 1.165) is 5.56 Å². The number of carbonyl (C=O) groups excluding carboxylic acids is 2. The van der Waals surface area contributed by atoms with Crippen LogP contribution in [0.3, 0.4) is 0 Å². The lowest BCUT2D eigenvalue weighted by Gasteiger charge is -2.25. The monoisotopic (exact) mass is 420 g/mol. The smallest absolute Gasteiger partial charge is 0.258 e. The minimum absolute atomic E-state index is 0.0723. The van der Waals surface area contributed by atoms with E-state index in [1.54, 1.807) is 42.5 Å². The van der Waals surface area contributed by atoms with Gasteiger partial charge >= 0.3 is 0 Å². The van der Waals surface area contributed by atoms with Crippen LogP contribution in [-0.2, 0) is 4.79 Å². The molecule has 1 amide bonds. The van der Waals surface area contributed by atoms with Gasteiger partial charge in [-0.25, -0.2) is 4.39 Å². The average molecular weight is 420 g/mol. The van der Waals surface area contributed by atoms with Gasteiger partial charge in [-0.2, -0.15) is 0 Å². The van der Waals surface area contributed by atoms with E-state index in [9.17, 15) is 14.0 Å². The maximum Gasteiger partial charge on any atom is 0.258 e. The van der Waals surface area contributed by atoms with Crippen molar-refractivity contribution in [2.75, 3.05) is 27.2 Å². The van der Waals surface area contributed by atoms with Gasteiger partial charge in [0.1, 0.15) is 11.6 Å². The van der Waals surface area contributed by atoms with Gasteiger partial charge < -0.3 is 15.0 Å². The third-order valence-electron chi connectivity index (χ3n) is 4.87. The van der Waals surface area contributed by atoms with Crippen molar-refractivity contribution in [1.29, 1.82) is 0 Å². The van der Waals surface area contributed by atoms with Gasteiger partial charge in [-0.1, -0.05) is 42.5 Å². The Morgan fingerprint density at radius 3 is 2.26 bits per heavy atom. The van der Waals surface area contributed by atoms with Crippen LogP contribution >= 0.6 is 0 Å². The first kappa shape index (κ1) is 22.2. The van der Waals surface area contributed by atoms with Crippen molar-refractivity contribution in [3.8, 4) is 5.75 Å². The zero-order valence-corrected chi connectivity index (χ0v) is 17.5. The standard InChI is InChI=1S/C25H25FN2O3/c1-28(2)23(20-9-6-10-21(26)15-20)16-27-24(29)17-31-22-13-11-19(12-14-22)25(30)18-7-4-3-5-8-18/h3-15,23H,16-17H2,1-2H3,(H,27,29). The highest BCUT2D eigenvalue weighted by atomic mass is 19.1. The molecule has 5 nitrogen and oxygen atoms in total. The molecule has 3 aromatic carbocycles. The number of nitrogens with one attached hydrogen (secondary N) is 1. The van der Waals surface area contributed by atoms with Crippen LogP contribution in [0.1, 0.15) is 27.5 Å². The first-order valence-corrected chi connectivity index (χ1v) is 9.95. The predicted octanol–water partition coefficient (Wildman–Crippen LogP) is 3.85. The van der Waals surface area contributed by atoms with Gasteiger partial charge in [0.2, 0.25) is 0 Å². The summed E-state index contributed by atoms with van der Waals surface area (Å²) in [7, 11) is 3.74. The molecule has 3 aromatic rings. The van der Waals surface area contributed by atoms with Gasteiger partial charge in [0.25, 0.3) is 5.91 Å². The molecule has 160 valence electrons. The second-order valence-electron chi connectivity index (χ2n) is 7.35. The SMILES string of the molecule is CN(C)C(CNC(=O)COc1ccc(C(=O)c2ccccc2)cc1)c1cccc(F)c1. The Bertz CT molecular complexity index is 1020. The maximum absolute atomic E-state index is 13.5. The number of hydrogen-bond donors (Lipinski definition) is 1. The molecule has 0 saturated carbocycles. The van der Waals surface area contributed by atoms with E-state index in [1.165, 1.54) is 12.1 Å². The summed E-state index contributed by atoms with van der Waals surface area (Å²) in [5, 5.41) is 2.82. The zero-order valence-electron chi connectivity index (χ0n) is 17.5. The van der Waals surface area contributed by atoms with Gasteiger partial charge in [-0.15, -0.1) is 0 Å². The number of amides is 1. The Morgan fingerprint density at radius 2 is 1.61 bits per heavy atom.